The van der Waals surface area contributed by atoms with Gasteiger partial charge in [-0.1, -0.05) is 18.6 Å². The summed E-state index contributed by atoms with van der Waals surface area (Å²) in [5, 5.41) is 10.4. The summed E-state index contributed by atoms with van der Waals surface area (Å²) in [6, 6.07) is 7.11. The molecule has 0 fully saturated rings. The first-order valence-corrected chi connectivity index (χ1v) is 9.21. The van der Waals surface area contributed by atoms with E-state index in [1.807, 2.05) is 12.1 Å². The number of halogens is 1. The highest BCUT2D eigenvalue weighted by molar-refractivity contribution is 7.21. The predicted octanol–water partition coefficient (Wildman–Crippen LogP) is 4.04. The van der Waals surface area contributed by atoms with Crippen LogP contribution >= 0.6 is 23.7 Å². The molecule has 0 bridgehead atoms. The molecule has 0 saturated heterocycles. The fourth-order valence-electron chi connectivity index (χ4n) is 3.61. The minimum atomic E-state index is -0.521. The number of anilines is 1. The lowest BCUT2D eigenvalue weighted by Gasteiger charge is -2.14. The zero-order valence-corrected chi connectivity index (χ0v) is 15.8. The van der Waals surface area contributed by atoms with E-state index in [2.05, 4.69) is 0 Å². The molecule has 0 unspecified atom stereocenters. The van der Waals surface area contributed by atoms with Gasteiger partial charge in [-0.15, -0.1) is 23.7 Å². The molecule has 1 amide bonds. The molecule has 1 aliphatic carbocycles. The SMILES string of the molecule is Cl.NC(=O)c1sc2nc3c(c(-c4ccc(O)cc4)c2c1N)CCCCC3. The molecule has 7 heteroatoms. The third-order valence-electron chi connectivity index (χ3n) is 4.78. The number of aryl methyl sites for hydroxylation is 1. The van der Waals surface area contributed by atoms with E-state index in [1.54, 1.807) is 12.1 Å². The Bertz CT molecular complexity index is 983. The fourth-order valence-corrected chi connectivity index (χ4v) is 4.59. The number of carbonyl (C=O) groups excluding carboxylic acids is 1. The number of phenolic OH excluding ortho intramolecular Hbond substituents is 1. The highest BCUT2D eigenvalue weighted by atomic mass is 35.5. The average molecular weight is 390 g/mol. The summed E-state index contributed by atoms with van der Waals surface area (Å²) in [7, 11) is 0. The van der Waals surface area contributed by atoms with Crippen molar-refractivity contribution in [1.29, 1.82) is 0 Å². The molecule has 136 valence electrons. The van der Waals surface area contributed by atoms with Crippen LogP contribution in [0.1, 0.15) is 40.2 Å². The van der Waals surface area contributed by atoms with Crippen LogP contribution in [0, 0.1) is 0 Å². The molecule has 2 aromatic heterocycles. The Morgan fingerprint density at radius 3 is 2.50 bits per heavy atom. The van der Waals surface area contributed by atoms with E-state index in [-0.39, 0.29) is 18.2 Å². The van der Waals surface area contributed by atoms with Gasteiger partial charge in [0, 0.05) is 11.1 Å². The zero-order valence-electron chi connectivity index (χ0n) is 14.1. The van der Waals surface area contributed by atoms with Gasteiger partial charge >= 0.3 is 0 Å². The monoisotopic (exact) mass is 389 g/mol. The summed E-state index contributed by atoms with van der Waals surface area (Å²) in [5.74, 6) is -0.302. The van der Waals surface area contributed by atoms with Crippen LogP contribution in [0.3, 0.4) is 0 Å². The number of nitrogens with zero attached hydrogens (tertiary/aromatic N) is 1. The normalized spacial score (nSPS) is 13.7. The van der Waals surface area contributed by atoms with Gasteiger partial charge in [0.05, 0.1) is 5.69 Å². The van der Waals surface area contributed by atoms with Gasteiger partial charge < -0.3 is 16.6 Å². The van der Waals surface area contributed by atoms with Crippen molar-refractivity contribution in [2.75, 3.05) is 5.73 Å². The number of hydrogen-bond donors (Lipinski definition) is 3. The average Bonchev–Trinajstić information content (AvgIpc) is 2.77. The third kappa shape index (κ3) is 2.99. The summed E-state index contributed by atoms with van der Waals surface area (Å²) in [6.45, 7) is 0. The van der Waals surface area contributed by atoms with Crippen LogP contribution in [0.15, 0.2) is 24.3 Å². The predicted molar refractivity (Wildman–Crippen MR) is 108 cm³/mol. The molecule has 4 rings (SSSR count). The lowest BCUT2D eigenvalue weighted by molar-refractivity contribution is 0.100. The first-order valence-electron chi connectivity index (χ1n) is 8.39. The lowest BCUT2D eigenvalue weighted by atomic mass is 9.93. The zero-order chi connectivity index (χ0) is 17.6. The number of amides is 1. The molecule has 0 aliphatic heterocycles. The van der Waals surface area contributed by atoms with Crippen LogP contribution in [-0.2, 0) is 12.8 Å². The molecule has 1 aromatic carbocycles. The van der Waals surface area contributed by atoms with E-state index in [0.29, 0.717) is 10.6 Å². The van der Waals surface area contributed by atoms with Crippen molar-refractivity contribution >= 4 is 45.6 Å². The number of benzene rings is 1. The molecule has 2 heterocycles. The lowest BCUT2D eigenvalue weighted by Crippen LogP contribution is -2.10. The van der Waals surface area contributed by atoms with Crippen molar-refractivity contribution in [3.8, 4) is 16.9 Å². The van der Waals surface area contributed by atoms with Gasteiger partial charge in [0.1, 0.15) is 15.5 Å². The Morgan fingerprint density at radius 2 is 1.81 bits per heavy atom. The Balaban J connectivity index is 0.00000196. The quantitative estimate of drug-likeness (QED) is 0.575. The van der Waals surface area contributed by atoms with Crippen LogP contribution < -0.4 is 11.5 Å². The maximum absolute atomic E-state index is 11.8. The topological polar surface area (TPSA) is 102 Å². The van der Waals surface area contributed by atoms with Gasteiger partial charge in [-0.2, -0.15) is 0 Å². The van der Waals surface area contributed by atoms with Crippen molar-refractivity contribution in [2.24, 2.45) is 5.73 Å². The summed E-state index contributed by atoms with van der Waals surface area (Å²) in [4.78, 5) is 17.7. The first kappa shape index (κ1) is 18.5. The van der Waals surface area contributed by atoms with Gasteiger partial charge in [-0.05, 0) is 54.5 Å². The van der Waals surface area contributed by atoms with Crippen LogP contribution in [0.2, 0.25) is 0 Å². The number of pyridine rings is 1. The minimum Gasteiger partial charge on any atom is -0.508 e. The molecule has 0 radical (unpaired) electrons. The van der Waals surface area contributed by atoms with E-state index >= 15 is 0 Å². The van der Waals surface area contributed by atoms with E-state index in [1.165, 1.54) is 23.3 Å². The van der Waals surface area contributed by atoms with E-state index in [0.717, 1.165) is 52.7 Å². The smallest absolute Gasteiger partial charge is 0.260 e. The second-order valence-electron chi connectivity index (χ2n) is 6.41. The number of phenols is 1. The largest absolute Gasteiger partial charge is 0.508 e. The fraction of sp³-hybridized carbons (Fsp3) is 0.263. The first-order chi connectivity index (χ1) is 12.1. The van der Waals surface area contributed by atoms with Crippen LogP contribution in [0.25, 0.3) is 21.3 Å². The van der Waals surface area contributed by atoms with Crippen molar-refractivity contribution in [3.05, 3.63) is 40.4 Å². The number of carbonyl (C=O) groups is 1. The van der Waals surface area contributed by atoms with Gasteiger partial charge in [0.15, 0.2) is 0 Å². The molecule has 0 saturated carbocycles. The number of fused-ring (bicyclic) bond motifs is 2. The molecule has 0 spiro atoms. The number of nitrogens with two attached hydrogens (primary N) is 2. The van der Waals surface area contributed by atoms with Crippen molar-refractivity contribution in [3.63, 3.8) is 0 Å². The van der Waals surface area contributed by atoms with E-state index < -0.39 is 5.91 Å². The number of nitrogen functional groups attached to an aromatic ring is 1. The highest BCUT2D eigenvalue weighted by Crippen LogP contribution is 2.43. The third-order valence-corrected chi connectivity index (χ3v) is 5.90. The van der Waals surface area contributed by atoms with Gasteiger partial charge in [0.25, 0.3) is 5.91 Å². The Kier molecular flexibility index (Phi) is 5.07. The maximum Gasteiger partial charge on any atom is 0.260 e. The standard InChI is InChI=1S/C19H19N3O2S.ClH/c20-16-15-14(10-6-8-11(23)9-7-10)12-4-2-1-3-5-13(12)22-19(15)25-17(16)18(21)24;/h6-9,23H,1-5,20H2,(H2,21,24);1H. The number of aromatic hydroxyl groups is 1. The number of aromatic nitrogens is 1. The molecular formula is C19H20ClN3O2S. The van der Waals surface area contributed by atoms with Gasteiger partial charge in [-0.3, -0.25) is 4.79 Å². The van der Waals surface area contributed by atoms with E-state index in [9.17, 15) is 9.90 Å². The minimum absolute atomic E-state index is 0. The Hall–Kier alpha value is -2.31. The molecule has 26 heavy (non-hydrogen) atoms. The van der Waals surface area contributed by atoms with Crippen LogP contribution in [-0.4, -0.2) is 16.0 Å². The molecule has 5 nitrogen and oxygen atoms in total. The van der Waals surface area contributed by atoms with Crippen molar-refractivity contribution < 1.29 is 9.90 Å². The van der Waals surface area contributed by atoms with Gasteiger partial charge in [-0.25, -0.2) is 4.98 Å². The van der Waals surface area contributed by atoms with E-state index in [4.69, 9.17) is 16.5 Å². The number of rotatable bonds is 2. The summed E-state index contributed by atoms with van der Waals surface area (Å²) >= 11 is 1.26. The summed E-state index contributed by atoms with van der Waals surface area (Å²) in [5.41, 5.74) is 16.5. The number of hydrogen-bond acceptors (Lipinski definition) is 5. The van der Waals surface area contributed by atoms with Gasteiger partial charge in [0.2, 0.25) is 0 Å². The Labute approximate surface area is 161 Å². The molecular weight excluding hydrogens is 370 g/mol. The molecule has 1 aliphatic rings. The van der Waals surface area contributed by atoms with Crippen molar-refractivity contribution in [2.45, 2.75) is 32.1 Å². The summed E-state index contributed by atoms with van der Waals surface area (Å²) in [6.07, 6.45) is 5.28. The maximum atomic E-state index is 11.8. The van der Waals surface area contributed by atoms with Crippen molar-refractivity contribution in [1.82, 2.24) is 4.98 Å². The van der Waals surface area contributed by atoms with Crippen LogP contribution in [0.5, 0.6) is 5.75 Å². The molecule has 3 aromatic rings. The highest BCUT2D eigenvalue weighted by Gasteiger charge is 2.24. The molecule has 5 N–H and O–H groups in total. The molecule has 0 atom stereocenters. The number of primary amides is 1. The summed E-state index contributed by atoms with van der Waals surface area (Å²) < 4.78 is 0. The second kappa shape index (κ2) is 7.13. The Morgan fingerprint density at radius 1 is 1.12 bits per heavy atom. The van der Waals surface area contributed by atoms with Crippen LogP contribution in [0.4, 0.5) is 5.69 Å². The second-order valence-corrected chi connectivity index (χ2v) is 7.41. The number of thiophene rings is 1.